The molecule has 1 aromatic rings. The quantitative estimate of drug-likeness (QED) is 0.713. The van der Waals surface area contributed by atoms with Crippen molar-refractivity contribution in [3.63, 3.8) is 0 Å². The van der Waals surface area contributed by atoms with Crippen LogP contribution >= 0.6 is 7.60 Å². The van der Waals surface area contributed by atoms with Gasteiger partial charge in [-0.05, 0) is 26.8 Å². The van der Waals surface area contributed by atoms with E-state index in [0.717, 1.165) is 0 Å². The summed E-state index contributed by atoms with van der Waals surface area (Å²) in [4.78, 5) is 15.9. The number of nitrogen functional groups attached to an aromatic ring is 1. The minimum absolute atomic E-state index is 0.0258. The molecule has 2 unspecified atom stereocenters. The van der Waals surface area contributed by atoms with Crippen molar-refractivity contribution in [2.24, 2.45) is 0 Å². The van der Waals surface area contributed by atoms with Gasteiger partial charge in [0, 0.05) is 12.9 Å². The number of fused-ring (bicyclic) bond motifs is 1. The van der Waals surface area contributed by atoms with Gasteiger partial charge in [-0.2, -0.15) is 4.98 Å². The first-order valence-electron chi connectivity index (χ1n) is 8.34. The number of rotatable bonds is 6. The third kappa shape index (κ3) is 4.00. The predicted octanol–water partition coefficient (Wildman–Crippen LogP) is 1.12. The molecule has 2 aliphatic heterocycles. The first kappa shape index (κ1) is 19.5. The third-order valence-corrected chi connectivity index (χ3v) is 5.43. The second kappa shape index (κ2) is 7.03. The van der Waals surface area contributed by atoms with Crippen LogP contribution in [0.3, 0.4) is 0 Å². The molecule has 0 spiro atoms. The first-order valence-corrected chi connectivity index (χ1v) is 10.3. The summed E-state index contributed by atoms with van der Waals surface area (Å²) < 4.78 is 41.8. The summed E-state index contributed by atoms with van der Waals surface area (Å²) in [7, 11) is -3.20. The van der Waals surface area contributed by atoms with Crippen molar-refractivity contribution in [2.75, 3.05) is 25.6 Å². The molecule has 10 nitrogen and oxygen atoms in total. The maximum atomic E-state index is 12.2. The molecule has 0 saturated carbocycles. The molecule has 5 atom stereocenters. The van der Waals surface area contributed by atoms with Gasteiger partial charge in [0.1, 0.15) is 24.1 Å². The molecule has 0 amide bonds. The van der Waals surface area contributed by atoms with Crippen molar-refractivity contribution in [3.05, 3.63) is 22.7 Å². The van der Waals surface area contributed by atoms with E-state index in [0.29, 0.717) is 0 Å². The molecule has 2 N–H and O–H groups in total. The average molecular weight is 389 g/mol. The largest absolute Gasteiger partial charge is 0.383 e. The second-order valence-corrected chi connectivity index (χ2v) is 8.72. The van der Waals surface area contributed by atoms with Crippen molar-refractivity contribution in [1.29, 1.82) is 0 Å². The lowest BCUT2D eigenvalue weighted by Crippen LogP contribution is -2.35. The van der Waals surface area contributed by atoms with Gasteiger partial charge in [0.05, 0.1) is 13.2 Å². The van der Waals surface area contributed by atoms with Gasteiger partial charge in [-0.25, -0.2) is 4.79 Å². The van der Waals surface area contributed by atoms with Gasteiger partial charge in [0.2, 0.25) is 0 Å². The lowest BCUT2D eigenvalue weighted by Gasteiger charge is -2.25. The highest BCUT2D eigenvalue weighted by atomic mass is 31.2. The zero-order valence-electron chi connectivity index (χ0n) is 15.2. The van der Waals surface area contributed by atoms with Crippen molar-refractivity contribution < 1.29 is 27.8 Å². The van der Waals surface area contributed by atoms with E-state index in [-0.39, 0.29) is 19.0 Å². The third-order valence-electron chi connectivity index (χ3n) is 4.09. The van der Waals surface area contributed by atoms with E-state index in [9.17, 15) is 9.36 Å². The molecule has 11 heteroatoms. The zero-order valence-corrected chi connectivity index (χ0v) is 16.0. The summed E-state index contributed by atoms with van der Waals surface area (Å²) in [6.45, 7) is 6.92. The SMILES string of the molecule is CCOP(C)(=O)OC[C@H]1O[C@@H](n2ccc(N)nc2=O)[C@H]2OC(C)(C)OC12. The number of anilines is 1. The van der Waals surface area contributed by atoms with Crippen LogP contribution in [0.25, 0.3) is 0 Å². The lowest BCUT2D eigenvalue weighted by molar-refractivity contribution is -0.200. The molecule has 0 bridgehead atoms. The Morgan fingerprint density at radius 1 is 1.35 bits per heavy atom. The average Bonchev–Trinajstić information content (AvgIpc) is 2.99. The standard InChI is InChI=1S/C15H24N3O7P/c1-5-21-26(4,20)22-8-9-11-12(25-15(2,3)24-11)13(23-9)18-7-6-10(16)17-14(18)19/h6-7,9,11-13H,5,8H2,1-4H3,(H2,16,17,19)/t9-,11?,12+,13-,26?/m1/s1. The number of nitrogens with two attached hydrogens (primary N) is 1. The number of hydrogen-bond acceptors (Lipinski definition) is 9. The molecule has 2 aliphatic rings. The van der Waals surface area contributed by atoms with E-state index in [2.05, 4.69) is 4.98 Å². The summed E-state index contributed by atoms with van der Waals surface area (Å²) in [6, 6.07) is 1.50. The topological polar surface area (TPSA) is 124 Å². The van der Waals surface area contributed by atoms with Crippen LogP contribution < -0.4 is 11.4 Å². The van der Waals surface area contributed by atoms with Crippen LogP contribution in [-0.4, -0.2) is 53.5 Å². The van der Waals surface area contributed by atoms with Crippen LogP contribution in [0.2, 0.25) is 0 Å². The van der Waals surface area contributed by atoms with Crippen LogP contribution in [0.5, 0.6) is 0 Å². The Bertz CT molecular complexity index is 768. The molecule has 0 aromatic carbocycles. The van der Waals surface area contributed by atoms with Crippen LogP contribution in [0.4, 0.5) is 5.82 Å². The minimum Gasteiger partial charge on any atom is -0.383 e. The molecule has 1 aromatic heterocycles. The Balaban J connectivity index is 1.82. The molecule has 26 heavy (non-hydrogen) atoms. The number of hydrogen-bond donors (Lipinski definition) is 1. The van der Waals surface area contributed by atoms with E-state index >= 15 is 0 Å². The maximum absolute atomic E-state index is 12.2. The highest BCUT2D eigenvalue weighted by molar-refractivity contribution is 7.52. The summed E-state index contributed by atoms with van der Waals surface area (Å²) in [5, 5.41) is 0. The van der Waals surface area contributed by atoms with E-state index in [1.165, 1.54) is 23.5 Å². The Kier molecular flexibility index (Phi) is 5.26. The minimum atomic E-state index is -3.20. The smallest absolute Gasteiger partial charge is 0.351 e. The number of nitrogens with zero attached hydrogens (tertiary/aromatic N) is 2. The lowest BCUT2D eigenvalue weighted by atomic mass is 10.1. The van der Waals surface area contributed by atoms with Gasteiger partial charge in [0.15, 0.2) is 12.0 Å². The van der Waals surface area contributed by atoms with Crippen molar-refractivity contribution >= 4 is 13.4 Å². The van der Waals surface area contributed by atoms with Crippen LogP contribution in [0.15, 0.2) is 17.1 Å². The number of aromatic nitrogens is 2. The molecule has 2 saturated heterocycles. The molecule has 146 valence electrons. The zero-order chi connectivity index (χ0) is 19.1. The fourth-order valence-electron chi connectivity index (χ4n) is 3.12. The highest BCUT2D eigenvalue weighted by Gasteiger charge is 2.56. The van der Waals surface area contributed by atoms with E-state index in [4.69, 9.17) is 29.0 Å². The van der Waals surface area contributed by atoms with Crippen LogP contribution in [0, 0.1) is 0 Å². The molecule has 3 heterocycles. The first-order chi connectivity index (χ1) is 12.1. The van der Waals surface area contributed by atoms with Gasteiger partial charge < -0.3 is 29.0 Å². The van der Waals surface area contributed by atoms with Crippen molar-refractivity contribution in [1.82, 2.24) is 9.55 Å². The fraction of sp³-hybridized carbons (Fsp3) is 0.733. The van der Waals surface area contributed by atoms with Gasteiger partial charge >= 0.3 is 13.3 Å². The molecule has 0 radical (unpaired) electrons. The van der Waals surface area contributed by atoms with E-state index in [1.807, 2.05) is 0 Å². The molecule has 0 aliphatic carbocycles. The normalized spacial score (nSPS) is 32.3. The maximum Gasteiger partial charge on any atom is 0.351 e. The molecule has 3 rings (SSSR count). The summed E-state index contributed by atoms with van der Waals surface area (Å²) in [5.41, 5.74) is 4.98. The van der Waals surface area contributed by atoms with Crippen LogP contribution in [0.1, 0.15) is 27.0 Å². The van der Waals surface area contributed by atoms with Gasteiger partial charge in [-0.1, -0.05) is 0 Å². The van der Waals surface area contributed by atoms with E-state index in [1.54, 1.807) is 20.8 Å². The van der Waals surface area contributed by atoms with Gasteiger partial charge in [-0.3, -0.25) is 9.13 Å². The Morgan fingerprint density at radius 2 is 2.04 bits per heavy atom. The van der Waals surface area contributed by atoms with Gasteiger partial charge in [-0.15, -0.1) is 0 Å². The van der Waals surface area contributed by atoms with Crippen LogP contribution in [-0.2, 0) is 27.8 Å². The summed E-state index contributed by atoms with van der Waals surface area (Å²) >= 11 is 0. The van der Waals surface area contributed by atoms with Crippen molar-refractivity contribution in [3.8, 4) is 0 Å². The molecular formula is C15H24N3O7P. The van der Waals surface area contributed by atoms with E-state index < -0.39 is 43.6 Å². The number of ether oxygens (including phenoxy) is 3. The Morgan fingerprint density at radius 3 is 2.69 bits per heavy atom. The highest BCUT2D eigenvalue weighted by Crippen LogP contribution is 2.47. The monoisotopic (exact) mass is 389 g/mol. The predicted molar refractivity (Wildman–Crippen MR) is 91.8 cm³/mol. The Labute approximate surface area is 151 Å². The van der Waals surface area contributed by atoms with Gasteiger partial charge in [0.25, 0.3) is 0 Å². The summed E-state index contributed by atoms with van der Waals surface area (Å²) in [6.07, 6.45) is -0.912. The molecule has 2 fully saturated rings. The fourth-order valence-corrected chi connectivity index (χ4v) is 4.08. The molecular weight excluding hydrogens is 365 g/mol. The van der Waals surface area contributed by atoms with Crippen molar-refractivity contribution in [2.45, 2.75) is 51.1 Å². The second-order valence-electron chi connectivity index (χ2n) is 6.66. The Hall–Kier alpha value is -1.29. The summed E-state index contributed by atoms with van der Waals surface area (Å²) in [5.74, 6) is -0.732.